The molecule has 3 amide bonds. The lowest BCUT2D eigenvalue weighted by Crippen LogP contribution is -2.59. The fourth-order valence-corrected chi connectivity index (χ4v) is 7.80. The summed E-state index contributed by atoms with van der Waals surface area (Å²) in [6.07, 6.45) is 4.55. The van der Waals surface area contributed by atoms with Crippen molar-refractivity contribution < 1.29 is 24.2 Å². The highest BCUT2D eigenvalue weighted by molar-refractivity contribution is 5.99. The van der Waals surface area contributed by atoms with E-state index in [9.17, 15) is 19.5 Å². The van der Waals surface area contributed by atoms with Crippen molar-refractivity contribution in [3.8, 4) is 0 Å². The predicted molar refractivity (Wildman–Crippen MR) is 167 cm³/mol. The van der Waals surface area contributed by atoms with Crippen LogP contribution in [0.15, 0.2) is 79.9 Å². The van der Waals surface area contributed by atoms with Crippen LogP contribution in [0, 0.1) is 11.8 Å². The minimum Gasteiger partial charge on any atom is -0.394 e. The molecule has 2 unspecified atom stereocenters. The molecule has 11 heteroatoms. The van der Waals surface area contributed by atoms with Gasteiger partial charge in [-0.05, 0) is 43.9 Å². The number of para-hydroxylation sites is 1. The lowest BCUT2D eigenvalue weighted by atomic mass is 9.66. The third-order valence-corrected chi connectivity index (χ3v) is 9.80. The Morgan fingerprint density at radius 1 is 1.09 bits per heavy atom. The molecule has 3 aliphatic rings. The number of carbonyl (C=O) groups is 3. The zero-order valence-electron chi connectivity index (χ0n) is 25.8. The summed E-state index contributed by atoms with van der Waals surface area (Å²) in [6.45, 7) is 9.72. The van der Waals surface area contributed by atoms with Gasteiger partial charge in [-0.25, -0.2) is 4.68 Å². The van der Waals surface area contributed by atoms with Crippen molar-refractivity contribution in [3.63, 3.8) is 0 Å². The van der Waals surface area contributed by atoms with E-state index >= 15 is 0 Å². The van der Waals surface area contributed by atoms with Crippen molar-refractivity contribution in [1.29, 1.82) is 0 Å². The number of carbonyl (C=O) groups excluding carboxylic acids is 3. The highest BCUT2D eigenvalue weighted by Crippen LogP contribution is 2.63. The van der Waals surface area contributed by atoms with Crippen molar-refractivity contribution in [3.05, 3.63) is 85.5 Å². The van der Waals surface area contributed by atoms with Crippen molar-refractivity contribution in [1.82, 2.24) is 29.7 Å². The van der Waals surface area contributed by atoms with Crippen LogP contribution in [0.3, 0.4) is 0 Å². The Morgan fingerprint density at radius 2 is 1.80 bits per heavy atom. The Morgan fingerprint density at radius 3 is 2.51 bits per heavy atom. The van der Waals surface area contributed by atoms with Crippen molar-refractivity contribution in [2.45, 2.75) is 56.1 Å². The Balaban J connectivity index is 1.44. The fraction of sp³-hybridized carbons (Fsp3) is 0.441. The van der Waals surface area contributed by atoms with Gasteiger partial charge in [-0.2, -0.15) is 0 Å². The molecule has 1 aromatic heterocycles. The van der Waals surface area contributed by atoms with Crippen LogP contribution in [-0.2, 0) is 32.2 Å². The molecule has 45 heavy (non-hydrogen) atoms. The van der Waals surface area contributed by atoms with Crippen LogP contribution in [0.4, 0.5) is 0 Å². The molecule has 3 fully saturated rings. The minimum atomic E-state index is -1.24. The number of aliphatic hydroxyl groups is 1. The van der Waals surface area contributed by atoms with Crippen molar-refractivity contribution in [2.75, 3.05) is 26.7 Å². The molecule has 11 nitrogen and oxygen atoms in total. The molecule has 3 aromatic rings. The third kappa shape index (κ3) is 4.94. The molecule has 2 aromatic carbocycles. The molecule has 1 spiro atoms. The van der Waals surface area contributed by atoms with E-state index < -0.39 is 35.1 Å². The number of likely N-dealkylation sites (N-methyl/N-ethyl adjacent to an activating group) is 1. The predicted octanol–water partition coefficient (Wildman–Crippen LogP) is 2.42. The van der Waals surface area contributed by atoms with Gasteiger partial charge in [0.25, 0.3) is 0 Å². The monoisotopic (exact) mass is 612 g/mol. The first-order valence-electron chi connectivity index (χ1n) is 15.4. The number of hydrogen-bond acceptors (Lipinski definition) is 7. The smallest absolute Gasteiger partial charge is 0.250 e. The van der Waals surface area contributed by atoms with E-state index in [0.717, 1.165) is 11.1 Å². The summed E-state index contributed by atoms with van der Waals surface area (Å²) < 4.78 is 8.47. The van der Waals surface area contributed by atoms with Crippen LogP contribution in [0.5, 0.6) is 0 Å². The molecule has 3 saturated heterocycles. The average molecular weight is 613 g/mol. The van der Waals surface area contributed by atoms with E-state index in [1.807, 2.05) is 61.5 Å². The summed E-state index contributed by atoms with van der Waals surface area (Å²) in [5.41, 5.74) is 0.202. The van der Waals surface area contributed by atoms with E-state index in [4.69, 9.17) is 4.74 Å². The second-order valence-electron chi connectivity index (χ2n) is 12.6. The number of aliphatic hydroxyl groups excluding tert-OH is 1. The zero-order valence-corrected chi connectivity index (χ0v) is 25.8. The molecule has 1 N–H and O–H groups in total. The maximum Gasteiger partial charge on any atom is 0.250 e. The van der Waals surface area contributed by atoms with Crippen LogP contribution in [0.2, 0.25) is 0 Å². The molecule has 6 rings (SSSR count). The number of rotatable bonds is 12. The van der Waals surface area contributed by atoms with Gasteiger partial charge >= 0.3 is 0 Å². The molecule has 0 aliphatic carbocycles. The first-order valence-corrected chi connectivity index (χ1v) is 15.4. The Labute approximate surface area is 262 Å². The molecular formula is C34H40N6O5. The zero-order chi connectivity index (χ0) is 31.9. The second-order valence-corrected chi connectivity index (χ2v) is 12.6. The summed E-state index contributed by atoms with van der Waals surface area (Å²) in [4.78, 5) is 48.3. The van der Waals surface area contributed by atoms with Gasteiger partial charge in [-0.15, -0.1) is 18.3 Å². The first kappa shape index (κ1) is 30.7. The van der Waals surface area contributed by atoms with Gasteiger partial charge in [0.1, 0.15) is 23.8 Å². The van der Waals surface area contributed by atoms with E-state index in [1.165, 1.54) is 4.90 Å². The average Bonchev–Trinajstić information content (AvgIpc) is 3.75. The molecular weight excluding hydrogens is 572 g/mol. The number of aromatic nitrogens is 3. The molecule has 0 radical (unpaired) electrons. The molecule has 4 heterocycles. The normalized spacial score (nSPS) is 27.4. The summed E-state index contributed by atoms with van der Waals surface area (Å²) >= 11 is 0. The van der Waals surface area contributed by atoms with Gasteiger partial charge in [0.15, 0.2) is 0 Å². The Bertz CT molecular complexity index is 1630. The first-order chi connectivity index (χ1) is 21.7. The SMILES string of the molecule is C=CCN(C)C(=O)[C@@H]1[C@H]2C(=O)N([C@@H](CO)Cc3ccccc3)C(C(=O)N(CC=C)Cn3nnc4ccccc43)C23CC[C@@]1(C)O3. The summed E-state index contributed by atoms with van der Waals surface area (Å²) in [5, 5.41) is 19.3. The Hall–Kier alpha value is -4.35. The molecule has 0 saturated carbocycles. The van der Waals surface area contributed by atoms with Crippen LogP contribution in [-0.4, -0.2) is 103 Å². The fourth-order valence-electron chi connectivity index (χ4n) is 7.80. The van der Waals surface area contributed by atoms with E-state index in [1.54, 1.807) is 33.7 Å². The van der Waals surface area contributed by atoms with E-state index in [2.05, 4.69) is 23.5 Å². The standard InChI is InChI=1S/C34H40N6O5/c1-5-18-37(4)30(42)27-28-31(43)40(24(21-41)20-23-12-8-7-9-13-23)29(34(28)17-16-33(27,3)45-34)32(44)38(19-6-2)22-39-26-15-11-10-14-25(26)35-36-39/h5-15,24,27-29,41H,1-2,16-22H2,3-4H3/t24-,27+,28+,29?,33-,34?/m1/s1. The van der Waals surface area contributed by atoms with Crippen LogP contribution < -0.4 is 0 Å². The molecule has 3 aliphatic heterocycles. The molecule has 2 bridgehead atoms. The summed E-state index contributed by atoms with van der Waals surface area (Å²) in [7, 11) is 1.69. The summed E-state index contributed by atoms with van der Waals surface area (Å²) in [5.74, 6) is -2.58. The molecule has 6 atom stereocenters. The van der Waals surface area contributed by atoms with Gasteiger partial charge in [-0.3, -0.25) is 14.4 Å². The molecule has 236 valence electrons. The number of benzene rings is 2. The number of ether oxygens (including phenoxy) is 1. The van der Waals surface area contributed by atoms with Gasteiger partial charge in [0.2, 0.25) is 17.7 Å². The van der Waals surface area contributed by atoms with Gasteiger partial charge in [-0.1, -0.05) is 59.8 Å². The van der Waals surface area contributed by atoms with E-state index in [-0.39, 0.29) is 37.5 Å². The summed E-state index contributed by atoms with van der Waals surface area (Å²) in [6, 6.07) is 15.2. The minimum absolute atomic E-state index is 0.0643. The van der Waals surface area contributed by atoms with E-state index in [0.29, 0.717) is 31.3 Å². The van der Waals surface area contributed by atoms with Crippen LogP contribution in [0.25, 0.3) is 11.0 Å². The van der Waals surface area contributed by atoms with Gasteiger partial charge in [0.05, 0.1) is 35.6 Å². The number of nitrogens with zero attached hydrogens (tertiary/aromatic N) is 6. The van der Waals surface area contributed by atoms with Gasteiger partial charge in [0, 0.05) is 20.1 Å². The number of hydrogen-bond donors (Lipinski definition) is 1. The maximum atomic E-state index is 14.9. The lowest BCUT2D eigenvalue weighted by Gasteiger charge is -2.39. The maximum absolute atomic E-state index is 14.9. The van der Waals surface area contributed by atoms with Crippen molar-refractivity contribution >= 4 is 28.8 Å². The Kier molecular flexibility index (Phi) is 8.09. The lowest BCUT2D eigenvalue weighted by molar-refractivity contribution is -0.157. The van der Waals surface area contributed by atoms with Crippen LogP contribution >= 0.6 is 0 Å². The quantitative estimate of drug-likeness (QED) is 0.312. The van der Waals surface area contributed by atoms with Crippen LogP contribution in [0.1, 0.15) is 25.3 Å². The topological polar surface area (TPSA) is 121 Å². The largest absolute Gasteiger partial charge is 0.394 e. The van der Waals surface area contributed by atoms with Crippen molar-refractivity contribution in [2.24, 2.45) is 11.8 Å². The highest BCUT2D eigenvalue weighted by atomic mass is 16.5. The number of fused-ring (bicyclic) bond motifs is 2. The van der Waals surface area contributed by atoms with Gasteiger partial charge < -0.3 is 24.5 Å². The number of amides is 3. The highest BCUT2D eigenvalue weighted by Gasteiger charge is 2.78. The third-order valence-electron chi connectivity index (χ3n) is 9.80. The second kappa shape index (κ2) is 11.9. The number of likely N-dealkylation sites (tertiary alicyclic amines) is 1.